The van der Waals surface area contributed by atoms with Crippen LogP contribution >= 0.6 is 0 Å². The lowest BCUT2D eigenvalue weighted by Gasteiger charge is -2.36. The zero-order valence-corrected chi connectivity index (χ0v) is 17.2. The molecular weight excluding hydrogens is 423 g/mol. The van der Waals surface area contributed by atoms with E-state index in [9.17, 15) is 23.1 Å². The first-order valence-electron chi connectivity index (χ1n) is 10.1. The topological polar surface area (TPSA) is 67.6 Å². The van der Waals surface area contributed by atoms with E-state index in [1.54, 1.807) is 40.9 Å². The van der Waals surface area contributed by atoms with Gasteiger partial charge in [0.25, 0.3) is 5.91 Å². The number of alkyl halides is 3. The molecule has 3 aromatic rings. The summed E-state index contributed by atoms with van der Waals surface area (Å²) in [5.41, 5.74) is 2.37. The van der Waals surface area contributed by atoms with E-state index in [2.05, 4.69) is 5.10 Å². The molecule has 166 valence electrons. The molecule has 1 amide bonds. The van der Waals surface area contributed by atoms with Gasteiger partial charge in [0.15, 0.2) is 0 Å². The van der Waals surface area contributed by atoms with Gasteiger partial charge in [-0.1, -0.05) is 24.3 Å². The van der Waals surface area contributed by atoms with Crippen LogP contribution < -0.4 is 0 Å². The smallest absolute Gasteiger partial charge is 0.380 e. The van der Waals surface area contributed by atoms with Crippen molar-refractivity contribution >= 4 is 5.91 Å². The van der Waals surface area contributed by atoms with Crippen LogP contribution in [-0.2, 0) is 36.7 Å². The summed E-state index contributed by atoms with van der Waals surface area (Å²) in [6.07, 6.45) is -4.40. The third-order valence-electron chi connectivity index (χ3n) is 6.04. The second kappa shape index (κ2) is 7.18. The lowest BCUT2D eigenvalue weighted by atomic mass is 9.91. The summed E-state index contributed by atoms with van der Waals surface area (Å²) >= 11 is 0. The van der Waals surface area contributed by atoms with Gasteiger partial charge in [-0.15, -0.1) is 0 Å². The Morgan fingerprint density at radius 2 is 1.72 bits per heavy atom. The van der Waals surface area contributed by atoms with E-state index in [1.807, 2.05) is 0 Å². The molecule has 9 heteroatoms. The van der Waals surface area contributed by atoms with Crippen LogP contribution in [0.2, 0.25) is 0 Å². The van der Waals surface area contributed by atoms with Crippen molar-refractivity contribution in [2.45, 2.75) is 24.9 Å². The standard InChI is InChI=1S/C23H20F3N3O3/c1-28-20(14-2-8-17(9-3-14)23(24,25)26)18-10-29(11-19(18)27-28)21(30)15-4-6-16(7-5-15)22(31)12-32-13-22/h2-9,31H,10-13H2,1H3. The van der Waals surface area contributed by atoms with Crippen LogP contribution in [0.4, 0.5) is 13.2 Å². The van der Waals surface area contributed by atoms with Crippen LogP contribution in [0.15, 0.2) is 48.5 Å². The molecule has 3 heterocycles. The fourth-order valence-corrected chi connectivity index (χ4v) is 4.23. The summed E-state index contributed by atoms with van der Waals surface area (Å²) in [6, 6.07) is 11.8. The Labute approximate surface area is 181 Å². The number of aromatic nitrogens is 2. The monoisotopic (exact) mass is 443 g/mol. The van der Waals surface area contributed by atoms with Gasteiger partial charge in [-0.05, 0) is 29.8 Å². The number of aryl methyl sites for hydroxylation is 1. The number of rotatable bonds is 3. The third kappa shape index (κ3) is 3.37. The highest BCUT2D eigenvalue weighted by Crippen LogP contribution is 2.36. The quantitative estimate of drug-likeness (QED) is 0.673. The molecule has 1 fully saturated rings. The van der Waals surface area contributed by atoms with Gasteiger partial charge in [0.2, 0.25) is 0 Å². The molecule has 1 N–H and O–H groups in total. The van der Waals surface area contributed by atoms with Crippen molar-refractivity contribution in [2.75, 3.05) is 13.2 Å². The maximum absolute atomic E-state index is 13.0. The van der Waals surface area contributed by atoms with Crippen molar-refractivity contribution in [3.8, 4) is 11.3 Å². The van der Waals surface area contributed by atoms with Gasteiger partial charge in [-0.25, -0.2) is 0 Å². The number of halogens is 3. The zero-order chi connectivity index (χ0) is 22.7. The van der Waals surface area contributed by atoms with Gasteiger partial charge in [-0.2, -0.15) is 18.3 Å². The molecular formula is C23H20F3N3O3. The lowest BCUT2D eigenvalue weighted by molar-refractivity contribution is -0.184. The fourth-order valence-electron chi connectivity index (χ4n) is 4.23. The van der Waals surface area contributed by atoms with Crippen LogP contribution in [-0.4, -0.2) is 38.9 Å². The summed E-state index contributed by atoms with van der Waals surface area (Å²) in [5.74, 6) is -0.174. The minimum absolute atomic E-state index is 0.174. The van der Waals surface area contributed by atoms with Crippen LogP contribution in [0.5, 0.6) is 0 Å². The van der Waals surface area contributed by atoms with E-state index in [1.165, 1.54) is 12.1 Å². The number of hydrogen-bond donors (Lipinski definition) is 1. The SMILES string of the molecule is Cn1nc2c(c1-c1ccc(C(F)(F)F)cc1)CN(C(=O)c1ccc(C3(O)COC3)cc1)C2. The molecule has 0 spiro atoms. The van der Waals surface area contributed by atoms with Gasteiger partial charge < -0.3 is 14.7 Å². The first-order valence-corrected chi connectivity index (χ1v) is 10.1. The normalized spacial score (nSPS) is 17.2. The molecule has 0 bridgehead atoms. The van der Waals surface area contributed by atoms with Gasteiger partial charge in [0, 0.05) is 23.7 Å². The number of aliphatic hydroxyl groups is 1. The lowest BCUT2D eigenvalue weighted by Crippen LogP contribution is -2.46. The van der Waals surface area contributed by atoms with Crippen LogP contribution in [0, 0.1) is 0 Å². The van der Waals surface area contributed by atoms with Crippen molar-refractivity contribution in [3.05, 3.63) is 76.5 Å². The Bertz CT molecular complexity index is 1180. The number of amides is 1. The fraction of sp³-hybridized carbons (Fsp3) is 0.304. The maximum atomic E-state index is 13.0. The van der Waals surface area contributed by atoms with Crippen molar-refractivity contribution in [1.82, 2.24) is 14.7 Å². The first kappa shape index (κ1) is 20.7. The highest BCUT2D eigenvalue weighted by Gasteiger charge is 2.38. The average Bonchev–Trinajstić information content (AvgIpc) is 3.27. The number of nitrogens with zero attached hydrogens (tertiary/aromatic N) is 3. The number of carbonyl (C=O) groups excluding carboxylic acids is 1. The number of benzene rings is 2. The van der Waals surface area contributed by atoms with E-state index >= 15 is 0 Å². The molecule has 2 aromatic carbocycles. The van der Waals surface area contributed by atoms with Gasteiger partial charge in [-0.3, -0.25) is 9.48 Å². The molecule has 0 saturated carbocycles. The van der Waals surface area contributed by atoms with E-state index in [4.69, 9.17) is 4.74 Å². The van der Waals surface area contributed by atoms with Gasteiger partial charge in [0.1, 0.15) is 5.60 Å². The van der Waals surface area contributed by atoms with Gasteiger partial charge in [0.05, 0.1) is 43.3 Å². The minimum atomic E-state index is -4.40. The van der Waals surface area contributed by atoms with Crippen LogP contribution in [0.3, 0.4) is 0 Å². The summed E-state index contributed by atoms with van der Waals surface area (Å²) < 4.78 is 45.4. The molecule has 32 heavy (non-hydrogen) atoms. The highest BCUT2D eigenvalue weighted by atomic mass is 19.4. The zero-order valence-electron chi connectivity index (χ0n) is 17.2. The van der Waals surface area contributed by atoms with E-state index in [0.717, 1.165) is 23.4 Å². The first-order chi connectivity index (χ1) is 15.2. The minimum Gasteiger partial charge on any atom is -0.380 e. The maximum Gasteiger partial charge on any atom is 0.416 e. The van der Waals surface area contributed by atoms with Crippen molar-refractivity contribution in [1.29, 1.82) is 0 Å². The molecule has 0 atom stereocenters. The average molecular weight is 443 g/mol. The summed E-state index contributed by atoms with van der Waals surface area (Å²) in [4.78, 5) is 14.7. The molecule has 6 nitrogen and oxygen atoms in total. The van der Waals surface area contributed by atoms with E-state index in [0.29, 0.717) is 35.5 Å². The van der Waals surface area contributed by atoms with E-state index in [-0.39, 0.29) is 19.1 Å². The second-order valence-electron chi connectivity index (χ2n) is 8.24. The molecule has 2 aliphatic rings. The van der Waals surface area contributed by atoms with Crippen LogP contribution in [0.25, 0.3) is 11.3 Å². The van der Waals surface area contributed by atoms with E-state index < -0.39 is 17.3 Å². The number of ether oxygens (including phenoxy) is 1. The predicted molar refractivity (Wildman–Crippen MR) is 108 cm³/mol. The molecule has 5 rings (SSSR count). The Morgan fingerprint density at radius 1 is 1.06 bits per heavy atom. The molecule has 0 unspecified atom stereocenters. The molecule has 1 saturated heterocycles. The third-order valence-corrected chi connectivity index (χ3v) is 6.04. The Kier molecular flexibility index (Phi) is 4.65. The summed E-state index contributed by atoms with van der Waals surface area (Å²) in [7, 11) is 1.74. The summed E-state index contributed by atoms with van der Waals surface area (Å²) in [5, 5.41) is 14.8. The van der Waals surface area contributed by atoms with Crippen molar-refractivity contribution < 1.29 is 27.8 Å². The van der Waals surface area contributed by atoms with Crippen molar-refractivity contribution in [2.24, 2.45) is 7.05 Å². The Morgan fingerprint density at radius 3 is 2.28 bits per heavy atom. The number of fused-ring (bicyclic) bond motifs is 1. The second-order valence-corrected chi connectivity index (χ2v) is 8.24. The Hall–Kier alpha value is -3.17. The van der Waals surface area contributed by atoms with Crippen LogP contribution in [0.1, 0.15) is 32.7 Å². The largest absolute Gasteiger partial charge is 0.416 e. The highest BCUT2D eigenvalue weighted by molar-refractivity contribution is 5.94. The number of carbonyl (C=O) groups is 1. The van der Waals surface area contributed by atoms with Crippen molar-refractivity contribution in [3.63, 3.8) is 0 Å². The molecule has 1 aromatic heterocycles. The Balaban J connectivity index is 1.36. The van der Waals surface area contributed by atoms with Gasteiger partial charge >= 0.3 is 6.18 Å². The number of hydrogen-bond acceptors (Lipinski definition) is 4. The molecule has 2 aliphatic heterocycles. The summed E-state index contributed by atoms with van der Waals surface area (Å²) in [6.45, 7) is 1.11. The molecule has 0 radical (unpaired) electrons. The predicted octanol–water partition coefficient (Wildman–Crippen LogP) is 3.48. The molecule has 0 aliphatic carbocycles.